The highest BCUT2D eigenvalue weighted by Crippen LogP contribution is 2.47. The van der Waals surface area contributed by atoms with Crippen LogP contribution in [-0.4, -0.2) is 91.6 Å². The van der Waals surface area contributed by atoms with E-state index in [-0.39, 0.29) is 19.4 Å². The third-order valence-electron chi connectivity index (χ3n) is 9.58. The number of ether oxygens (including phenoxy) is 2. The molecule has 5 atom stereocenters. The van der Waals surface area contributed by atoms with Crippen LogP contribution in [0.15, 0.2) is 53.5 Å². The largest absolute Gasteiger partial charge is 0.497 e. The molecule has 2 aliphatic carbocycles. The number of benzene rings is 1. The minimum absolute atomic E-state index is 0.00168. The maximum atomic E-state index is 14.4. The molecule has 0 radical (unpaired) electrons. The third kappa shape index (κ3) is 9.61. The van der Waals surface area contributed by atoms with Gasteiger partial charge in [-0.05, 0) is 87.4 Å². The predicted octanol–water partition coefficient (Wildman–Crippen LogP) is 4.74. The number of amides is 4. The van der Waals surface area contributed by atoms with Crippen molar-refractivity contribution in [3.8, 4) is 16.2 Å². The molecule has 4 amide bonds. The summed E-state index contributed by atoms with van der Waals surface area (Å²) >= 11 is 1.56. The van der Waals surface area contributed by atoms with Gasteiger partial charge in [0.15, 0.2) is 0 Å². The Morgan fingerprint density at radius 3 is 2.44 bits per heavy atom. The predicted molar refractivity (Wildman–Crippen MR) is 205 cm³/mol. The van der Waals surface area contributed by atoms with Gasteiger partial charge in [-0.15, -0.1) is 17.9 Å². The number of hydrogen-bond donors (Lipinski definition) is 3. The van der Waals surface area contributed by atoms with Gasteiger partial charge in [0, 0.05) is 22.4 Å². The topological polar surface area (TPSA) is 182 Å². The minimum Gasteiger partial charge on any atom is -0.497 e. The molecule has 3 N–H and O–H groups in total. The molecule has 1 aromatic carbocycles. The number of sulfonamides is 1. The molecular weight excluding hydrogens is 735 g/mol. The van der Waals surface area contributed by atoms with E-state index in [1.165, 1.54) is 4.90 Å². The van der Waals surface area contributed by atoms with Crippen molar-refractivity contribution in [2.24, 2.45) is 16.5 Å². The van der Waals surface area contributed by atoms with E-state index in [2.05, 4.69) is 27.1 Å². The molecule has 3 aliphatic rings. The number of hydrogen-bond acceptors (Lipinski definition) is 11. The van der Waals surface area contributed by atoms with Crippen LogP contribution in [0.25, 0.3) is 10.4 Å². The number of rotatable bonds is 14. The summed E-state index contributed by atoms with van der Waals surface area (Å²) in [4.78, 5) is 63.5. The van der Waals surface area contributed by atoms with Crippen molar-refractivity contribution in [3.05, 3.63) is 53.9 Å². The first-order valence-corrected chi connectivity index (χ1v) is 20.4. The normalized spacial score (nSPS) is 23.3. The van der Waals surface area contributed by atoms with E-state index in [1.54, 1.807) is 72.3 Å². The van der Waals surface area contributed by atoms with E-state index in [9.17, 15) is 27.6 Å². The van der Waals surface area contributed by atoms with Crippen molar-refractivity contribution in [1.29, 1.82) is 0 Å². The minimum atomic E-state index is -3.90. The van der Waals surface area contributed by atoms with Gasteiger partial charge >= 0.3 is 6.09 Å². The van der Waals surface area contributed by atoms with Gasteiger partial charge in [-0.3, -0.25) is 19.1 Å². The van der Waals surface area contributed by atoms with E-state index >= 15 is 0 Å². The van der Waals surface area contributed by atoms with Crippen molar-refractivity contribution in [1.82, 2.24) is 20.3 Å². The van der Waals surface area contributed by atoms with Crippen LogP contribution in [0.2, 0.25) is 0 Å². The van der Waals surface area contributed by atoms with E-state index in [4.69, 9.17) is 14.3 Å². The van der Waals surface area contributed by atoms with Crippen LogP contribution >= 0.6 is 11.3 Å². The molecule has 294 valence electrons. The molecule has 2 aromatic rings. The number of carbonyl (C=O) groups is 4. The second-order valence-corrected chi connectivity index (χ2v) is 19.0. The Kier molecular flexibility index (Phi) is 11.9. The summed E-state index contributed by atoms with van der Waals surface area (Å²) in [6, 6.07) is 7.25. The summed E-state index contributed by atoms with van der Waals surface area (Å²) in [7, 11) is -2.33. The Morgan fingerprint density at radius 1 is 1.13 bits per heavy atom. The number of oxime groups is 1. The molecule has 1 aliphatic heterocycles. The summed E-state index contributed by atoms with van der Waals surface area (Å²) < 4.78 is 38.5. The molecule has 16 heteroatoms. The van der Waals surface area contributed by atoms with E-state index < -0.39 is 79.7 Å². The van der Waals surface area contributed by atoms with E-state index in [0.29, 0.717) is 25.0 Å². The summed E-state index contributed by atoms with van der Waals surface area (Å²) in [6.07, 6.45) is 3.06. The highest BCUT2D eigenvalue weighted by molar-refractivity contribution is 7.91. The Labute approximate surface area is 321 Å². The molecule has 2 saturated carbocycles. The SMILES string of the molecule is C=CC[C@@H]1C[C@]1(NC(=O)[C@@H]1C[C@@H](O/N=C/c2cc(OC)ccc2-c2cccs2)CN1C(=O)[C@@H](NC(=O)OC(C)(C)C)C(C)(C)C)C(=O)NS(=O)(=O)C1CC1. The monoisotopic (exact) mass is 785 g/mol. The van der Waals surface area contributed by atoms with Gasteiger partial charge in [-0.2, -0.15) is 0 Å². The number of nitrogens with zero attached hydrogens (tertiary/aromatic N) is 2. The molecule has 14 nitrogen and oxygen atoms in total. The van der Waals surface area contributed by atoms with Gasteiger partial charge in [-0.1, -0.05) is 38.1 Å². The molecule has 5 rings (SSSR count). The number of allylic oxidation sites excluding steroid dienone is 1. The quantitative estimate of drug-likeness (QED) is 0.138. The van der Waals surface area contributed by atoms with Crippen molar-refractivity contribution in [3.63, 3.8) is 0 Å². The van der Waals surface area contributed by atoms with Crippen molar-refractivity contribution >= 4 is 51.4 Å². The Morgan fingerprint density at radius 2 is 1.85 bits per heavy atom. The molecule has 0 unspecified atom stereocenters. The molecule has 54 heavy (non-hydrogen) atoms. The average molecular weight is 786 g/mol. The zero-order valence-corrected chi connectivity index (χ0v) is 33.5. The molecule has 0 bridgehead atoms. The first-order valence-electron chi connectivity index (χ1n) is 18.0. The molecule has 2 heterocycles. The van der Waals surface area contributed by atoms with Gasteiger partial charge in [0.25, 0.3) is 5.91 Å². The number of thiophene rings is 1. The first kappa shape index (κ1) is 40.7. The maximum Gasteiger partial charge on any atom is 0.408 e. The van der Waals surface area contributed by atoms with Gasteiger partial charge < -0.3 is 29.8 Å². The summed E-state index contributed by atoms with van der Waals surface area (Å²) in [5, 5.41) is 11.1. The number of alkyl carbamates (subject to hydrolysis) is 1. The highest BCUT2D eigenvalue weighted by atomic mass is 32.2. The van der Waals surface area contributed by atoms with E-state index in [0.717, 1.165) is 16.0 Å². The Balaban J connectivity index is 1.42. The number of nitrogens with one attached hydrogen (secondary N) is 3. The standard InChI is InChI=1S/C38H51N5O9S2/c1-9-11-24-20-38(24,34(46)42-54(48,49)27-14-15-27)41-32(44)29-19-26(22-43(29)33(45)31(36(2,3)4)40-35(47)51-37(5,6)7)52-39-21-23-18-25(50-8)13-16-28(23)30-12-10-17-53-30/h9-10,12-13,16-18,21,24,26-27,29,31H,1,11,14-15,19-20,22H2,2-8H3,(H,40,47)(H,41,44)(H,42,46)/b39-21+/t24-,26-,29+,31-,38-/m1/s1. The molecule has 0 spiro atoms. The zero-order valence-electron chi connectivity index (χ0n) is 31.8. The lowest BCUT2D eigenvalue weighted by molar-refractivity contribution is -0.143. The molecule has 1 saturated heterocycles. The van der Waals surface area contributed by atoms with Gasteiger partial charge in [0.2, 0.25) is 21.8 Å². The summed E-state index contributed by atoms with van der Waals surface area (Å²) in [5.74, 6) is -1.82. The Hall–Kier alpha value is -4.44. The van der Waals surface area contributed by atoms with Gasteiger partial charge in [0.1, 0.15) is 35.1 Å². The third-order valence-corrected chi connectivity index (χ3v) is 12.3. The first-order chi connectivity index (χ1) is 25.3. The second-order valence-electron chi connectivity index (χ2n) is 16.1. The van der Waals surface area contributed by atoms with Crippen LogP contribution in [0.3, 0.4) is 0 Å². The molecule has 3 fully saturated rings. The lowest BCUT2D eigenvalue weighted by atomic mass is 9.85. The molecule has 1 aromatic heterocycles. The lowest BCUT2D eigenvalue weighted by Crippen LogP contribution is -2.60. The zero-order chi connectivity index (χ0) is 39.6. The van der Waals surface area contributed by atoms with Crippen LogP contribution in [0.4, 0.5) is 4.79 Å². The van der Waals surface area contributed by atoms with Crippen molar-refractivity contribution < 1.29 is 41.9 Å². The highest BCUT2D eigenvalue weighted by Gasteiger charge is 2.62. The average Bonchev–Trinajstić information content (AvgIpc) is 3.94. The number of carbonyl (C=O) groups excluding carboxylic acids is 4. The van der Waals surface area contributed by atoms with Crippen LogP contribution in [0.1, 0.15) is 79.2 Å². The maximum absolute atomic E-state index is 14.4. The van der Waals surface area contributed by atoms with E-state index in [1.807, 2.05) is 35.7 Å². The van der Waals surface area contributed by atoms with Gasteiger partial charge in [-0.25, -0.2) is 13.2 Å². The smallest absolute Gasteiger partial charge is 0.408 e. The fourth-order valence-corrected chi connectivity index (χ4v) is 8.64. The summed E-state index contributed by atoms with van der Waals surface area (Å²) in [6.45, 7) is 14.1. The fourth-order valence-electron chi connectivity index (χ4n) is 6.50. The van der Waals surface area contributed by atoms with Gasteiger partial charge in [0.05, 0.1) is 25.1 Å². The lowest BCUT2D eigenvalue weighted by Gasteiger charge is -2.36. The van der Waals surface area contributed by atoms with Crippen molar-refractivity contribution in [2.45, 2.75) is 108 Å². The second kappa shape index (κ2) is 15.7. The van der Waals surface area contributed by atoms with Crippen LogP contribution in [0.5, 0.6) is 5.75 Å². The number of likely N-dealkylation sites (tertiary alicyclic amines) is 1. The van der Waals surface area contributed by atoms with Crippen LogP contribution in [0, 0.1) is 11.3 Å². The Bertz CT molecular complexity index is 1880. The number of methoxy groups -OCH3 is 1. The van der Waals surface area contributed by atoms with Crippen LogP contribution < -0.4 is 20.1 Å². The molecular formula is C38H51N5O9S2. The van der Waals surface area contributed by atoms with Crippen molar-refractivity contribution in [2.75, 3.05) is 13.7 Å². The van der Waals surface area contributed by atoms with Crippen LogP contribution in [-0.2, 0) is 34.0 Å². The fraction of sp³-hybridized carbons (Fsp3) is 0.553. The summed E-state index contributed by atoms with van der Waals surface area (Å²) in [5.41, 5.74) is -1.53.